The first-order chi connectivity index (χ1) is 6.25. The second-order valence-corrected chi connectivity index (χ2v) is 3.54. The highest BCUT2D eigenvalue weighted by atomic mass is 16.5. The topological polar surface area (TPSA) is 29.5 Å². The zero-order valence-corrected chi connectivity index (χ0v) is 8.58. The molecule has 13 heavy (non-hydrogen) atoms. The van der Waals surface area contributed by atoms with E-state index in [4.69, 9.17) is 4.74 Å². The summed E-state index contributed by atoms with van der Waals surface area (Å²) in [7, 11) is 0. The normalized spacial score (nSPS) is 21.4. The highest BCUT2D eigenvalue weighted by Gasteiger charge is 2.21. The molecule has 0 unspecified atom stereocenters. The Balaban J connectivity index is 2.35. The van der Waals surface area contributed by atoms with Crippen LogP contribution in [0.5, 0.6) is 0 Å². The Morgan fingerprint density at radius 3 is 2.62 bits per heavy atom. The largest absolute Gasteiger partial charge is 0.379 e. The van der Waals surface area contributed by atoms with E-state index >= 15 is 0 Å². The van der Waals surface area contributed by atoms with Gasteiger partial charge in [-0.25, -0.2) is 0 Å². The van der Waals surface area contributed by atoms with E-state index in [2.05, 4.69) is 4.90 Å². The zero-order valence-electron chi connectivity index (χ0n) is 8.58. The van der Waals surface area contributed by atoms with Gasteiger partial charge in [-0.2, -0.15) is 0 Å². The first kappa shape index (κ1) is 10.7. The van der Waals surface area contributed by atoms with Crippen LogP contribution in [0.15, 0.2) is 0 Å². The maximum absolute atomic E-state index is 11.6. The van der Waals surface area contributed by atoms with Gasteiger partial charge >= 0.3 is 0 Å². The quantitative estimate of drug-likeness (QED) is 0.656. The van der Waals surface area contributed by atoms with Crippen LogP contribution in [0.1, 0.15) is 26.7 Å². The number of carbonyl (C=O) groups excluding carboxylic acids is 1. The van der Waals surface area contributed by atoms with Gasteiger partial charge in [0.15, 0.2) is 0 Å². The Labute approximate surface area is 80.1 Å². The maximum Gasteiger partial charge on any atom is 0.149 e. The smallest absolute Gasteiger partial charge is 0.149 e. The van der Waals surface area contributed by atoms with Crippen LogP contribution in [-0.4, -0.2) is 43.0 Å². The third-order valence-electron chi connectivity index (χ3n) is 2.56. The fourth-order valence-corrected chi connectivity index (χ4v) is 1.62. The van der Waals surface area contributed by atoms with Crippen LogP contribution in [-0.2, 0) is 9.53 Å². The second kappa shape index (κ2) is 5.35. The Kier molecular flexibility index (Phi) is 4.39. The Morgan fingerprint density at radius 1 is 1.46 bits per heavy atom. The van der Waals surface area contributed by atoms with Crippen molar-refractivity contribution >= 4 is 5.78 Å². The Hall–Kier alpha value is -0.410. The van der Waals surface area contributed by atoms with Gasteiger partial charge in [-0.3, -0.25) is 9.69 Å². The average molecular weight is 185 g/mol. The number of hydrogen-bond donors (Lipinski definition) is 0. The molecule has 0 saturated carbocycles. The fourth-order valence-electron chi connectivity index (χ4n) is 1.62. The molecular weight excluding hydrogens is 166 g/mol. The summed E-state index contributed by atoms with van der Waals surface area (Å²) in [6.45, 7) is 7.38. The van der Waals surface area contributed by atoms with E-state index in [0.717, 1.165) is 32.7 Å². The molecule has 1 saturated heterocycles. The number of ketones is 1. The molecule has 76 valence electrons. The summed E-state index contributed by atoms with van der Waals surface area (Å²) < 4.78 is 5.24. The van der Waals surface area contributed by atoms with E-state index in [9.17, 15) is 4.79 Å². The van der Waals surface area contributed by atoms with Crippen LogP contribution < -0.4 is 0 Å². The minimum atomic E-state index is 0.0869. The predicted molar refractivity (Wildman–Crippen MR) is 51.8 cm³/mol. The summed E-state index contributed by atoms with van der Waals surface area (Å²) in [5.74, 6) is 0.365. The lowest BCUT2D eigenvalue weighted by Gasteiger charge is -2.31. The van der Waals surface area contributed by atoms with Gasteiger partial charge in [0.1, 0.15) is 5.78 Å². The summed E-state index contributed by atoms with van der Waals surface area (Å²) in [5.41, 5.74) is 0. The third-order valence-corrected chi connectivity index (χ3v) is 2.56. The molecule has 0 radical (unpaired) electrons. The van der Waals surface area contributed by atoms with Crippen molar-refractivity contribution in [1.29, 1.82) is 0 Å². The van der Waals surface area contributed by atoms with Crippen molar-refractivity contribution in [2.24, 2.45) is 0 Å². The number of ether oxygens (including phenoxy) is 1. The SMILES string of the molecule is CCCC(=O)[C@@H](C)N1CCOCC1. The maximum atomic E-state index is 11.6. The van der Waals surface area contributed by atoms with Gasteiger partial charge < -0.3 is 4.74 Å². The fraction of sp³-hybridized carbons (Fsp3) is 0.900. The van der Waals surface area contributed by atoms with E-state index in [1.165, 1.54) is 0 Å². The first-order valence-electron chi connectivity index (χ1n) is 5.10. The van der Waals surface area contributed by atoms with Crippen molar-refractivity contribution in [3.8, 4) is 0 Å². The lowest BCUT2D eigenvalue weighted by atomic mass is 10.1. The minimum Gasteiger partial charge on any atom is -0.379 e. The molecule has 0 aromatic rings. The standard InChI is InChI=1S/C10H19NO2/c1-3-4-10(12)9(2)11-5-7-13-8-6-11/h9H,3-8H2,1-2H3/t9-/m1/s1. The van der Waals surface area contributed by atoms with Crippen LogP contribution in [0.2, 0.25) is 0 Å². The van der Waals surface area contributed by atoms with E-state index in [-0.39, 0.29) is 6.04 Å². The predicted octanol–water partition coefficient (Wildman–Crippen LogP) is 1.08. The van der Waals surface area contributed by atoms with Crippen LogP contribution >= 0.6 is 0 Å². The molecule has 0 aromatic heterocycles. The first-order valence-corrected chi connectivity index (χ1v) is 5.10. The molecule has 0 aromatic carbocycles. The molecule has 3 heteroatoms. The number of hydrogen-bond acceptors (Lipinski definition) is 3. The summed E-state index contributed by atoms with van der Waals surface area (Å²) in [5, 5.41) is 0. The van der Waals surface area contributed by atoms with E-state index in [1.54, 1.807) is 0 Å². The molecule has 0 amide bonds. The number of nitrogens with zero attached hydrogens (tertiary/aromatic N) is 1. The van der Waals surface area contributed by atoms with Crippen LogP contribution in [0.3, 0.4) is 0 Å². The molecule has 1 rings (SSSR count). The number of Topliss-reactive ketones (excluding diaryl/α,β-unsaturated/α-hetero) is 1. The Morgan fingerprint density at radius 2 is 2.08 bits per heavy atom. The number of morpholine rings is 1. The van der Waals surface area contributed by atoms with Gasteiger partial charge in [0.2, 0.25) is 0 Å². The summed E-state index contributed by atoms with van der Waals surface area (Å²) in [6, 6.07) is 0.0869. The molecular formula is C10H19NO2. The molecule has 1 atom stereocenters. The highest BCUT2D eigenvalue weighted by molar-refractivity contribution is 5.83. The van der Waals surface area contributed by atoms with Crippen LogP contribution in [0, 0.1) is 0 Å². The van der Waals surface area contributed by atoms with E-state index in [1.807, 2.05) is 13.8 Å². The third kappa shape index (κ3) is 3.08. The summed E-state index contributed by atoms with van der Waals surface area (Å²) >= 11 is 0. The van der Waals surface area contributed by atoms with Gasteiger partial charge in [-0.1, -0.05) is 6.92 Å². The lowest BCUT2D eigenvalue weighted by molar-refractivity contribution is -0.125. The molecule has 1 heterocycles. The molecule has 0 bridgehead atoms. The molecule has 0 N–H and O–H groups in total. The van der Waals surface area contributed by atoms with Gasteiger partial charge in [-0.05, 0) is 13.3 Å². The van der Waals surface area contributed by atoms with Gasteiger partial charge in [0.25, 0.3) is 0 Å². The summed E-state index contributed by atoms with van der Waals surface area (Å²) in [6.07, 6.45) is 1.66. The molecule has 1 aliphatic heterocycles. The summed E-state index contributed by atoms with van der Waals surface area (Å²) in [4.78, 5) is 13.8. The van der Waals surface area contributed by atoms with Crippen molar-refractivity contribution in [1.82, 2.24) is 4.90 Å². The van der Waals surface area contributed by atoms with Gasteiger partial charge in [0.05, 0.1) is 19.3 Å². The molecule has 1 aliphatic rings. The van der Waals surface area contributed by atoms with Crippen molar-refractivity contribution in [3.05, 3.63) is 0 Å². The van der Waals surface area contributed by atoms with E-state index in [0.29, 0.717) is 12.2 Å². The minimum absolute atomic E-state index is 0.0869. The monoisotopic (exact) mass is 185 g/mol. The van der Waals surface area contributed by atoms with Gasteiger partial charge in [0, 0.05) is 19.5 Å². The van der Waals surface area contributed by atoms with Crippen molar-refractivity contribution in [2.75, 3.05) is 26.3 Å². The van der Waals surface area contributed by atoms with Crippen LogP contribution in [0.4, 0.5) is 0 Å². The molecule has 0 aliphatic carbocycles. The number of carbonyl (C=O) groups is 1. The van der Waals surface area contributed by atoms with Crippen molar-refractivity contribution < 1.29 is 9.53 Å². The van der Waals surface area contributed by atoms with Crippen molar-refractivity contribution in [2.45, 2.75) is 32.7 Å². The average Bonchev–Trinajstić information content (AvgIpc) is 2.18. The van der Waals surface area contributed by atoms with E-state index < -0.39 is 0 Å². The zero-order chi connectivity index (χ0) is 9.68. The van der Waals surface area contributed by atoms with Gasteiger partial charge in [-0.15, -0.1) is 0 Å². The Bertz CT molecular complexity index is 164. The molecule has 1 fully saturated rings. The lowest BCUT2D eigenvalue weighted by Crippen LogP contribution is -2.45. The molecule has 0 spiro atoms. The molecule has 3 nitrogen and oxygen atoms in total. The van der Waals surface area contributed by atoms with Crippen molar-refractivity contribution in [3.63, 3.8) is 0 Å². The second-order valence-electron chi connectivity index (χ2n) is 3.54. The number of rotatable bonds is 4. The highest BCUT2D eigenvalue weighted by Crippen LogP contribution is 2.07. The van der Waals surface area contributed by atoms with Crippen LogP contribution in [0.25, 0.3) is 0 Å².